The van der Waals surface area contributed by atoms with Gasteiger partial charge in [0.1, 0.15) is 11.3 Å². The molecule has 1 heterocycles. The van der Waals surface area contributed by atoms with E-state index >= 15 is 0 Å². The van der Waals surface area contributed by atoms with Crippen LogP contribution in [0.3, 0.4) is 0 Å². The summed E-state index contributed by atoms with van der Waals surface area (Å²) in [5.41, 5.74) is 1.66. The zero-order valence-electron chi connectivity index (χ0n) is 13.6. The molecule has 0 unspecified atom stereocenters. The van der Waals surface area contributed by atoms with E-state index in [4.69, 9.17) is 4.84 Å². The minimum absolute atomic E-state index is 0.276. The summed E-state index contributed by atoms with van der Waals surface area (Å²) in [6.45, 7) is 6.05. The van der Waals surface area contributed by atoms with Gasteiger partial charge in [0.05, 0.1) is 5.69 Å². The number of hydrogen-bond acceptors (Lipinski definition) is 4. The van der Waals surface area contributed by atoms with E-state index in [2.05, 4.69) is 15.5 Å². The molecule has 1 saturated carbocycles. The number of aromatic nitrogens is 1. The highest BCUT2D eigenvalue weighted by atomic mass is 16.6. The molecule has 1 aliphatic rings. The molecule has 116 valence electrons. The normalized spacial score (nSPS) is 23.9. The molecule has 0 radical (unpaired) electrons. The molecule has 0 atom stereocenters. The Morgan fingerprint density at radius 3 is 2.48 bits per heavy atom. The van der Waals surface area contributed by atoms with E-state index in [0.717, 1.165) is 24.2 Å². The Morgan fingerprint density at radius 1 is 1.24 bits per heavy atom. The van der Waals surface area contributed by atoms with E-state index in [1.54, 1.807) is 0 Å². The Kier molecular flexibility index (Phi) is 5.34. The van der Waals surface area contributed by atoms with Crippen molar-refractivity contribution in [1.82, 2.24) is 10.3 Å². The van der Waals surface area contributed by atoms with Gasteiger partial charge in [0.25, 0.3) is 0 Å². The van der Waals surface area contributed by atoms with Crippen molar-refractivity contribution >= 4 is 5.71 Å². The molecule has 2 rings (SSSR count). The Morgan fingerprint density at radius 2 is 1.95 bits per heavy atom. The van der Waals surface area contributed by atoms with Crippen LogP contribution in [0.25, 0.3) is 0 Å². The molecule has 0 amide bonds. The molecule has 0 spiro atoms. The van der Waals surface area contributed by atoms with Crippen molar-refractivity contribution < 1.29 is 4.84 Å². The summed E-state index contributed by atoms with van der Waals surface area (Å²) in [5, 5.41) is 7.85. The van der Waals surface area contributed by atoms with Gasteiger partial charge in [-0.3, -0.25) is 4.98 Å². The third-order valence-corrected chi connectivity index (χ3v) is 3.87. The molecule has 0 bridgehead atoms. The zero-order valence-corrected chi connectivity index (χ0v) is 13.6. The maximum absolute atomic E-state index is 5.68. The van der Waals surface area contributed by atoms with Crippen LogP contribution in [0.2, 0.25) is 0 Å². The zero-order chi connectivity index (χ0) is 15.3. The fraction of sp³-hybridized carbons (Fsp3) is 0.647. The summed E-state index contributed by atoms with van der Waals surface area (Å²) in [6, 6.07) is 6.60. The van der Waals surface area contributed by atoms with Crippen molar-refractivity contribution in [3.05, 3.63) is 30.1 Å². The van der Waals surface area contributed by atoms with Crippen LogP contribution in [-0.2, 0) is 4.84 Å². The molecule has 0 aliphatic heterocycles. The number of rotatable bonds is 4. The van der Waals surface area contributed by atoms with Crippen LogP contribution in [0.5, 0.6) is 0 Å². The summed E-state index contributed by atoms with van der Waals surface area (Å²) >= 11 is 0. The smallest absolute Gasteiger partial charge is 0.129 e. The molecular formula is C17H27N3O. The van der Waals surface area contributed by atoms with E-state index in [0.29, 0.717) is 12.0 Å². The molecule has 1 N–H and O–H groups in total. The maximum atomic E-state index is 5.68. The topological polar surface area (TPSA) is 46.5 Å². The summed E-state index contributed by atoms with van der Waals surface area (Å²) in [6.07, 6.45) is 6.45. The van der Waals surface area contributed by atoms with Crippen LogP contribution in [-0.4, -0.2) is 29.4 Å². The minimum Gasteiger partial charge on any atom is -0.390 e. The number of nitrogens with zero attached hydrogens (tertiary/aromatic N) is 2. The van der Waals surface area contributed by atoms with Gasteiger partial charge in [-0.1, -0.05) is 11.2 Å². The van der Waals surface area contributed by atoms with Gasteiger partial charge in [0, 0.05) is 18.2 Å². The minimum atomic E-state index is -0.276. The highest BCUT2D eigenvalue weighted by Crippen LogP contribution is 2.28. The second-order valence-corrected chi connectivity index (χ2v) is 6.73. The van der Waals surface area contributed by atoms with Crippen molar-refractivity contribution in [3.63, 3.8) is 0 Å². The van der Waals surface area contributed by atoms with Gasteiger partial charge in [-0.15, -0.1) is 0 Å². The van der Waals surface area contributed by atoms with E-state index < -0.39 is 0 Å². The standard InChI is InChI=1S/C17H27N3O/c1-17(2,3)21-20-16(15-7-5-6-12-19-15)13-8-10-14(18-4)11-9-13/h5-7,12-14,18H,8-11H2,1-4H3/b20-16-. The lowest BCUT2D eigenvalue weighted by atomic mass is 9.82. The molecule has 1 fully saturated rings. The summed E-state index contributed by atoms with van der Waals surface area (Å²) in [7, 11) is 2.04. The van der Waals surface area contributed by atoms with Crippen LogP contribution in [0, 0.1) is 5.92 Å². The van der Waals surface area contributed by atoms with Crippen LogP contribution < -0.4 is 5.32 Å². The van der Waals surface area contributed by atoms with Crippen LogP contribution in [0.15, 0.2) is 29.6 Å². The number of oxime groups is 1. The first kappa shape index (κ1) is 16.0. The second kappa shape index (κ2) is 7.03. The van der Waals surface area contributed by atoms with Gasteiger partial charge in [0.15, 0.2) is 0 Å². The lowest BCUT2D eigenvalue weighted by Crippen LogP contribution is -2.33. The summed E-state index contributed by atoms with van der Waals surface area (Å²) < 4.78 is 0. The lowest BCUT2D eigenvalue weighted by Gasteiger charge is -2.29. The Bertz CT molecular complexity index is 457. The van der Waals surface area contributed by atoms with Crippen molar-refractivity contribution in [2.24, 2.45) is 11.1 Å². The molecule has 4 heteroatoms. The largest absolute Gasteiger partial charge is 0.390 e. The van der Waals surface area contributed by atoms with Crippen LogP contribution in [0.4, 0.5) is 0 Å². The third-order valence-electron chi connectivity index (χ3n) is 3.87. The number of pyridine rings is 1. The van der Waals surface area contributed by atoms with Crippen LogP contribution >= 0.6 is 0 Å². The quantitative estimate of drug-likeness (QED) is 0.683. The summed E-state index contributed by atoms with van der Waals surface area (Å²) in [5.74, 6) is 0.437. The fourth-order valence-corrected chi connectivity index (χ4v) is 2.69. The lowest BCUT2D eigenvalue weighted by molar-refractivity contribution is -0.0000867. The van der Waals surface area contributed by atoms with E-state index in [1.165, 1.54) is 12.8 Å². The van der Waals surface area contributed by atoms with Crippen molar-refractivity contribution in [3.8, 4) is 0 Å². The third kappa shape index (κ3) is 4.81. The molecule has 1 aliphatic carbocycles. The summed E-state index contributed by atoms with van der Waals surface area (Å²) in [4.78, 5) is 10.2. The first-order chi connectivity index (χ1) is 9.99. The van der Waals surface area contributed by atoms with Gasteiger partial charge in [-0.25, -0.2) is 0 Å². The second-order valence-electron chi connectivity index (χ2n) is 6.73. The van der Waals surface area contributed by atoms with Crippen molar-refractivity contribution in [1.29, 1.82) is 0 Å². The highest BCUT2D eigenvalue weighted by molar-refractivity contribution is 6.00. The Hall–Kier alpha value is -1.42. The van der Waals surface area contributed by atoms with Crippen molar-refractivity contribution in [2.45, 2.75) is 58.1 Å². The molecule has 0 aromatic carbocycles. The molecule has 4 nitrogen and oxygen atoms in total. The van der Waals surface area contributed by atoms with Crippen LogP contribution in [0.1, 0.15) is 52.1 Å². The fourth-order valence-electron chi connectivity index (χ4n) is 2.69. The number of nitrogens with one attached hydrogen (secondary N) is 1. The molecule has 1 aromatic rings. The predicted molar refractivity (Wildman–Crippen MR) is 86.4 cm³/mol. The Labute approximate surface area is 128 Å². The number of hydrogen-bond donors (Lipinski definition) is 1. The first-order valence-electron chi connectivity index (χ1n) is 7.84. The average Bonchev–Trinajstić information content (AvgIpc) is 2.48. The van der Waals surface area contributed by atoms with Gasteiger partial charge in [0.2, 0.25) is 0 Å². The van der Waals surface area contributed by atoms with E-state index in [1.807, 2.05) is 52.2 Å². The molecule has 0 saturated heterocycles. The van der Waals surface area contributed by atoms with Gasteiger partial charge in [-0.2, -0.15) is 0 Å². The van der Waals surface area contributed by atoms with E-state index in [9.17, 15) is 0 Å². The molecular weight excluding hydrogens is 262 g/mol. The van der Waals surface area contributed by atoms with E-state index in [-0.39, 0.29) is 5.60 Å². The SMILES string of the molecule is CNC1CCC(/C(=N/OC(C)(C)C)c2ccccn2)CC1. The predicted octanol–water partition coefficient (Wildman–Crippen LogP) is 3.38. The van der Waals surface area contributed by atoms with Gasteiger partial charge >= 0.3 is 0 Å². The van der Waals surface area contributed by atoms with Crippen molar-refractivity contribution in [2.75, 3.05) is 7.05 Å². The highest BCUT2D eigenvalue weighted by Gasteiger charge is 2.26. The molecule has 21 heavy (non-hydrogen) atoms. The average molecular weight is 289 g/mol. The maximum Gasteiger partial charge on any atom is 0.129 e. The van der Waals surface area contributed by atoms with Gasteiger partial charge < -0.3 is 10.2 Å². The first-order valence-corrected chi connectivity index (χ1v) is 7.84. The Balaban J connectivity index is 2.17. The van der Waals surface area contributed by atoms with Gasteiger partial charge in [-0.05, 0) is 65.6 Å². The monoisotopic (exact) mass is 289 g/mol. The molecule has 1 aromatic heterocycles.